The number of likely N-dealkylation sites (tertiary alicyclic amines) is 1. The average Bonchev–Trinajstić information content (AvgIpc) is 3.02. The standard InChI is InChI=1S/C18H20F2N4O/c1-23(2)17(25)18(16-11-21-7-8-22-16)6-3-9-24(18)12-13-4-5-14(19)15(20)10-13/h4-5,7-8,10-11H,3,6,9,12H2,1-2H3/t18-/m0/s1. The van der Waals surface area contributed by atoms with Crippen LogP contribution in [0, 0.1) is 11.6 Å². The van der Waals surface area contributed by atoms with E-state index >= 15 is 0 Å². The number of amides is 1. The normalized spacial score (nSPS) is 20.6. The van der Waals surface area contributed by atoms with Crippen LogP contribution >= 0.6 is 0 Å². The predicted octanol–water partition coefficient (Wildman–Crippen LogP) is 2.33. The molecule has 5 nitrogen and oxygen atoms in total. The average molecular weight is 346 g/mol. The van der Waals surface area contributed by atoms with Crippen molar-refractivity contribution in [3.05, 3.63) is 59.7 Å². The van der Waals surface area contributed by atoms with Crippen LogP contribution in [0.1, 0.15) is 24.1 Å². The van der Waals surface area contributed by atoms with Crippen molar-refractivity contribution in [2.45, 2.75) is 24.9 Å². The molecule has 1 aromatic heterocycles. The molecule has 1 aromatic carbocycles. The highest BCUT2D eigenvalue weighted by atomic mass is 19.2. The monoisotopic (exact) mass is 346 g/mol. The van der Waals surface area contributed by atoms with Crippen LogP contribution in [0.4, 0.5) is 8.78 Å². The summed E-state index contributed by atoms with van der Waals surface area (Å²) in [6, 6.07) is 3.83. The Bertz CT molecular complexity index is 769. The minimum atomic E-state index is -0.942. The second-order valence-corrected chi connectivity index (χ2v) is 6.42. The molecule has 0 aliphatic carbocycles. The van der Waals surface area contributed by atoms with Gasteiger partial charge in [0.15, 0.2) is 11.6 Å². The number of halogens is 2. The van der Waals surface area contributed by atoms with Gasteiger partial charge in [-0.05, 0) is 37.1 Å². The van der Waals surface area contributed by atoms with Gasteiger partial charge in [-0.2, -0.15) is 0 Å². The Balaban J connectivity index is 2.01. The van der Waals surface area contributed by atoms with E-state index in [0.29, 0.717) is 30.8 Å². The zero-order valence-corrected chi connectivity index (χ0v) is 14.2. The lowest BCUT2D eigenvalue weighted by Gasteiger charge is -2.38. The fourth-order valence-corrected chi connectivity index (χ4v) is 3.47. The number of nitrogens with zero attached hydrogens (tertiary/aromatic N) is 4. The lowest BCUT2D eigenvalue weighted by Crippen LogP contribution is -2.52. The van der Waals surface area contributed by atoms with E-state index in [9.17, 15) is 13.6 Å². The van der Waals surface area contributed by atoms with Crippen LogP contribution in [0.2, 0.25) is 0 Å². The van der Waals surface area contributed by atoms with E-state index in [1.807, 2.05) is 4.90 Å². The van der Waals surface area contributed by atoms with Gasteiger partial charge >= 0.3 is 0 Å². The van der Waals surface area contributed by atoms with Crippen molar-refractivity contribution in [1.82, 2.24) is 19.8 Å². The van der Waals surface area contributed by atoms with Gasteiger partial charge in [0.1, 0.15) is 5.54 Å². The van der Waals surface area contributed by atoms with E-state index in [1.165, 1.54) is 17.0 Å². The molecule has 1 aliphatic heterocycles. The molecule has 7 heteroatoms. The number of aromatic nitrogens is 2. The number of hydrogen-bond donors (Lipinski definition) is 0. The van der Waals surface area contributed by atoms with Gasteiger partial charge in [-0.25, -0.2) is 8.78 Å². The van der Waals surface area contributed by atoms with Crippen LogP contribution in [-0.2, 0) is 16.9 Å². The molecule has 132 valence electrons. The van der Waals surface area contributed by atoms with Gasteiger partial charge in [-0.1, -0.05) is 6.07 Å². The largest absolute Gasteiger partial charge is 0.347 e. The highest BCUT2D eigenvalue weighted by Crippen LogP contribution is 2.40. The molecule has 0 unspecified atom stereocenters. The van der Waals surface area contributed by atoms with Gasteiger partial charge in [0.25, 0.3) is 0 Å². The van der Waals surface area contributed by atoms with Crippen molar-refractivity contribution in [1.29, 1.82) is 0 Å². The Hall–Kier alpha value is -2.41. The lowest BCUT2D eigenvalue weighted by molar-refractivity contribution is -0.141. The Kier molecular flexibility index (Phi) is 4.76. The summed E-state index contributed by atoms with van der Waals surface area (Å²) in [5, 5.41) is 0. The van der Waals surface area contributed by atoms with Crippen LogP contribution in [0.5, 0.6) is 0 Å². The van der Waals surface area contributed by atoms with E-state index < -0.39 is 17.2 Å². The first kappa shape index (κ1) is 17.4. The smallest absolute Gasteiger partial charge is 0.248 e. The zero-order chi connectivity index (χ0) is 18.0. The summed E-state index contributed by atoms with van der Waals surface area (Å²) in [5.74, 6) is -1.86. The summed E-state index contributed by atoms with van der Waals surface area (Å²) < 4.78 is 26.8. The van der Waals surface area contributed by atoms with Crippen molar-refractivity contribution in [3.63, 3.8) is 0 Å². The maximum Gasteiger partial charge on any atom is 0.248 e. The number of hydrogen-bond acceptors (Lipinski definition) is 4. The molecule has 0 spiro atoms. The number of benzene rings is 1. The fourth-order valence-electron chi connectivity index (χ4n) is 3.47. The summed E-state index contributed by atoms with van der Waals surface area (Å²) in [6.45, 7) is 0.989. The highest BCUT2D eigenvalue weighted by Gasteiger charge is 2.50. The van der Waals surface area contributed by atoms with Crippen molar-refractivity contribution >= 4 is 5.91 Å². The summed E-state index contributed by atoms with van der Waals surface area (Å²) in [4.78, 5) is 25.1. The number of likely N-dealkylation sites (N-methyl/N-ethyl adjacent to an activating group) is 1. The van der Waals surface area contributed by atoms with Crippen molar-refractivity contribution in [2.24, 2.45) is 0 Å². The molecule has 0 radical (unpaired) electrons. The lowest BCUT2D eigenvalue weighted by atomic mass is 9.90. The van der Waals surface area contributed by atoms with Crippen LogP contribution in [0.25, 0.3) is 0 Å². The molecule has 0 bridgehead atoms. The second kappa shape index (κ2) is 6.84. The third-order valence-corrected chi connectivity index (χ3v) is 4.61. The second-order valence-electron chi connectivity index (χ2n) is 6.42. The van der Waals surface area contributed by atoms with Crippen LogP contribution in [-0.4, -0.2) is 46.3 Å². The minimum Gasteiger partial charge on any atom is -0.347 e. The van der Waals surface area contributed by atoms with Crippen molar-refractivity contribution in [2.75, 3.05) is 20.6 Å². The Morgan fingerprint density at radius 3 is 2.72 bits per heavy atom. The molecule has 1 amide bonds. The molecule has 3 rings (SSSR count). The van der Waals surface area contributed by atoms with Gasteiger partial charge in [0.05, 0.1) is 11.9 Å². The highest BCUT2D eigenvalue weighted by molar-refractivity contribution is 5.87. The van der Waals surface area contributed by atoms with E-state index in [-0.39, 0.29) is 5.91 Å². The first-order valence-corrected chi connectivity index (χ1v) is 8.12. The van der Waals surface area contributed by atoms with Crippen LogP contribution in [0.3, 0.4) is 0 Å². The quantitative estimate of drug-likeness (QED) is 0.853. The van der Waals surface area contributed by atoms with E-state index in [1.54, 1.807) is 32.7 Å². The molecule has 2 heterocycles. The Morgan fingerprint density at radius 2 is 2.08 bits per heavy atom. The van der Waals surface area contributed by atoms with Crippen molar-refractivity contribution < 1.29 is 13.6 Å². The summed E-state index contributed by atoms with van der Waals surface area (Å²) >= 11 is 0. The van der Waals surface area contributed by atoms with Crippen LogP contribution in [0.15, 0.2) is 36.8 Å². The zero-order valence-electron chi connectivity index (χ0n) is 14.2. The molecule has 25 heavy (non-hydrogen) atoms. The molecular formula is C18H20F2N4O. The third-order valence-electron chi connectivity index (χ3n) is 4.61. The van der Waals surface area contributed by atoms with E-state index in [0.717, 1.165) is 12.5 Å². The molecule has 1 aliphatic rings. The molecule has 2 aromatic rings. The maximum atomic E-state index is 13.6. The fraction of sp³-hybridized carbons (Fsp3) is 0.389. The first-order chi connectivity index (χ1) is 11.9. The number of carbonyl (C=O) groups excluding carboxylic acids is 1. The molecule has 0 N–H and O–H groups in total. The van der Waals surface area contributed by atoms with E-state index in [4.69, 9.17) is 0 Å². The Morgan fingerprint density at radius 1 is 1.28 bits per heavy atom. The SMILES string of the molecule is CN(C)C(=O)[C@@]1(c2cnccn2)CCCN1Cc1ccc(F)c(F)c1. The number of carbonyl (C=O) groups is 1. The molecular weight excluding hydrogens is 326 g/mol. The van der Waals surface area contributed by atoms with Gasteiger partial charge in [-0.15, -0.1) is 0 Å². The van der Waals surface area contributed by atoms with Gasteiger partial charge in [-0.3, -0.25) is 19.7 Å². The molecule has 1 fully saturated rings. The third kappa shape index (κ3) is 3.11. The summed E-state index contributed by atoms with van der Waals surface area (Å²) in [5.41, 5.74) is 0.247. The van der Waals surface area contributed by atoms with Crippen LogP contribution < -0.4 is 0 Å². The number of rotatable bonds is 4. The maximum absolute atomic E-state index is 13.6. The van der Waals surface area contributed by atoms with Gasteiger partial charge < -0.3 is 4.90 Å². The van der Waals surface area contributed by atoms with E-state index in [2.05, 4.69) is 9.97 Å². The summed E-state index contributed by atoms with van der Waals surface area (Å²) in [6.07, 6.45) is 6.14. The minimum absolute atomic E-state index is 0.0897. The Labute approximate surface area is 145 Å². The first-order valence-electron chi connectivity index (χ1n) is 8.12. The summed E-state index contributed by atoms with van der Waals surface area (Å²) in [7, 11) is 3.41. The van der Waals surface area contributed by atoms with Crippen molar-refractivity contribution in [3.8, 4) is 0 Å². The molecule has 0 saturated carbocycles. The van der Waals surface area contributed by atoms with Gasteiger partial charge in [0.2, 0.25) is 5.91 Å². The predicted molar refractivity (Wildman–Crippen MR) is 88.4 cm³/mol. The molecule has 1 saturated heterocycles. The molecule has 1 atom stereocenters. The van der Waals surface area contributed by atoms with Gasteiger partial charge in [0, 0.05) is 33.0 Å². The topological polar surface area (TPSA) is 49.3 Å².